The van der Waals surface area contributed by atoms with Gasteiger partial charge in [0.25, 0.3) is 0 Å². The molecule has 0 bridgehead atoms. The minimum atomic E-state index is -6.00. The normalized spacial score (nSPS) is 10.7. The van der Waals surface area contributed by atoms with Crippen molar-refractivity contribution in [1.82, 2.24) is 99.8 Å². The summed E-state index contributed by atoms with van der Waals surface area (Å²) < 4.78 is 89.2. The fourth-order valence-electron chi connectivity index (χ4n) is 9.26. The SMILES string of the molecule is CC#N.CC#N.F[B-](F)(F)F.F[B-](F)(F)F.[Fe+4].c1ccc(Cn2cc(CN(Cc3cn(Cc4ccccc4)nn3)Cc3cn(Cc4ccccc4)nn3)nn2)cc1.c1ccc(Cn2cc(CN(Cc3cn(Cc4ccccc4)nn3)Cc3cn(Cc4ccccc4)nn3)nn2)cc1. The molecule has 0 spiro atoms. The topological polar surface area (TPSA) is 238 Å². The first-order valence-corrected chi connectivity index (χ1v) is 29.7. The van der Waals surface area contributed by atoms with Gasteiger partial charge in [-0.1, -0.05) is 213 Å². The van der Waals surface area contributed by atoms with Gasteiger partial charge in [0.1, 0.15) is 0 Å². The summed E-state index contributed by atoms with van der Waals surface area (Å²) in [5.74, 6) is 0. The van der Waals surface area contributed by atoms with Gasteiger partial charge in [0, 0.05) is 53.1 Å². The molecule has 0 unspecified atom stereocenters. The molecule has 0 saturated carbocycles. The maximum Gasteiger partial charge on any atom is 4.00 e. The van der Waals surface area contributed by atoms with E-state index >= 15 is 0 Å². The van der Waals surface area contributed by atoms with E-state index in [2.05, 4.69) is 144 Å². The Kier molecular flexibility index (Phi) is 30.8. The Morgan fingerprint density at radius 1 is 0.289 bits per heavy atom. The summed E-state index contributed by atoms with van der Waals surface area (Å²) in [5.41, 5.74) is 12.4. The summed E-state index contributed by atoms with van der Waals surface area (Å²) in [7, 11) is -12.0. The Hall–Kier alpha value is -10.9. The average Bonchev–Trinajstić information content (AvgIpc) is 1.76. The molecule has 6 heterocycles. The van der Waals surface area contributed by atoms with Crippen molar-refractivity contribution in [2.45, 2.75) is 92.4 Å². The second-order valence-electron chi connectivity index (χ2n) is 21.1. The van der Waals surface area contributed by atoms with Crippen molar-refractivity contribution in [3.63, 3.8) is 0 Å². The molecule has 97 heavy (non-hydrogen) atoms. The summed E-state index contributed by atoms with van der Waals surface area (Å²) in [6, 6.07) is 65.0. The van der Waals surface area contributed by atoms with Crippen LogP contribution in [0.5, 0.6) is 0 Å². The molecular weight excluding hydrogens is 1310 g/mol. The molecule has 0 saturated heterocycles. The van der Waals surface area contributed by atoms with E-state index in [4.69, 9.17) is 10.5 Å². The van der Waals surface area contributed by atoms with Crippen molar-refractivity contribution >= 4 is 14.5 Å². The van der Waals surface area contributed by atoms with Crippen molar-refractivity contribution in [1.29, 1.82) is 10.5 Å². The van der Waals surface area contributed by atoms with Crippen LogP contribution < -0.4 is 0 Å². The maximum atomic E-state index is 9.75. The van der Waals surface area contributed by atoms with Crippen LogP contribution in [0.15, 0.2) is 219 Å². The van der Waals surface area contributed by atoms with Crippen molar-refractivity contribution < 1.29 is 51.6 Å². The van der Waals surface area contributed by atoms with E-state index in [0.29, 0.717) is 78.5 Å². The Labute approximate surface area is 565 Å². The third-order valence-corrected chi connectivity index (χ3v) is 13.0. The summed E-state index contributed by atoms with van der Waals surface area (Å²) >= 11 is 0. The summed E-state index contributed by atoms with van der Waals surface area (Å²) in [6.45, 7) is 10.5. The van der Waals surface area contributed by atoms with E-state index in [0.717, 1.165) is 34.2 Å². The first-order valence-electron chi connectivity index (χ1n) is 29.7. The van der Waals surface area contributed by atoms with Crippen LogP contribution in [0.2, 0.25) is 0 Å². The Morgan fingerprint density at radius 2 is 0.412 bits per heavy atom. The average molecular weight is 1370 g/mol. The second-order valence-corrected chi connectivity index (χ2v) is 21.1. The number of benzene rings is 6. The van der Waals surface area contributed by atoms with E-state index in [9.17, 15) is 34.5 Å². The molecule has 0 atom stereocenters. The smallest absolute Gasteiger partial charge is 0.418 e. The van der Waals surface area contributed by atoms with Gasteiger partial charge in [-0.3, -0.25) is 9.80 Å². The predicted octanol–water partition coefficient (Wildman–Crippen LogP) is 11.3. The summed E-state index contributed by atoms with van der Waals surface area (Å²) in [6.07, 6.45) is 12.0. The molecule has 12 rings (SSSR count). The summed E-state index contributed by atoms with van der Waals surface area (Å²) in [5, 5.41) is 67.5. The van der Waals surface area contributed by atoms with Crippen molar-refractivity contribution in [2.24, 2.45) is 0 Å². The first kappa shape index (κ1) is 75.2. The number of hydrogen-bond acceptors (Lipinski definition) is 16. The molecule has 0 aliphatic rings. The Morgan fingerprint density at radius 3 is 0.536 bits per heavy atom. The van der Waals surface area contributed by atoms with Gasteiger partial charge in [-0.15, -0.1) is 30.6 Å². The van der Waals surface area contributed by atoms with E-state index in [1.165, 1.54) is 47.2 Å². The van der Waals surface area contributed by atoms with E-state index < -0.39 is 14.5 Å². The molecule has 33 heteroatoms. The van der Waals surface area contributed by atoms with Gasteiger partial charge in [-0.2, -0.15) is 10.5 Å². The molecule has 6 aromatic heterocycles. The zero-order chi connectivity index (χ0) is 68.4. The minimum Gasteiger partial charge on any atom is -0.418 e. The van der Waals surface area contributed by atoms with Crippen LogP contribution in [0.25, 0.3) is 0 Å². The van der Waals surface area contributed by atoms with Gasteiger partial charge in [-0.25, -0.2) is 28.1 Å². The van der Waals surface area contributed by atoms with Crippen molar-refractivity contribution in [3.05, 3.63) is 287 Å². The van der Waals surface area contributed by atoms with E-state index in [1.807, 2.05) is 174 Å². The molecule has 0 radical (unpaired) electrons. The Bertz CT molecular complexity index is 3520. The minimum absolute atomic E-state index is 0. The molecule has 22 nitrogen and oxygen atoms in total. The van der Waals surface area contributed by atoms with E-state index in [-0.39, 0.29) is 17.1 Å². The van der Waals surface area contributed by atoms with Crippen LogP contribution in [0.1, 0.15) is 81.4 Å². The van der Waals surface area contributed by atoms with Gasteiger partial charge in [0.05, 0.1) is 123 Å². The number of nitriles is 2. The molecule has 0 fully saturated rings. The molecular formula is C64H66B2F8FeN22+2. The molecule has 0 aliphatic carbocycles. The monoisotopic (exact) mass is 1370 g/mol. The molecule has 12 aromatic rings. The van der Waals surface area contributed by atoms with E-state index in [1.54, 1.807) is 12.1 Å². The van der Waals surface area contributed by atoms with Gasteiger partial charge >= 0.3 is 31.6 Å². The third-order valence-electron chi connectivity index (χ3n) is 13.0. The zero-order valence-electron chi connectivity index (χ0n) is 52.6. The third kappa shape index (κ3) is 30.4. The van der Waals surface area contributed by atoms with Gasteiger partial charge in [0.15, 0.2) is 0 Å². The fraction of sp³-hybridized carbons (Fsp3) is 0.219. The van der Waals surface area contributed by atoms with Crippen LogP contribution in [-0.2, 0) is 95.6 Å². The van der Waals surface area contributed by atoms with Crippen molar-refractivity contribution in [3.8, 4) is 12.1 Å². The Balaban J connectivity index is 0.000000249. The maximum absolute atomic E-state index is 9.75. The van der Waals surface area contributed by atoms with Crippen molar-refractivity contribution in [2.75, 3.05) is 0 Å². The van der Waals surface area contributed by atoms with Crippen LogP contribution in [0.4, 0.5) is 34.5 Å². The number of hydrogen-bond donors (Lipinski definition) is 0. The van der Waals surface area contributed by atoms with Crippen LogP contribution in [0, 0.1) is 22.7 Å². The quantitative estimate of drug-likeness (QED) is 0.0404. The second kappa shape index (κ2) is 39.8. The van der Waals surface area contributed by atoms with Gasteiger partial charge in [-0.05, 0) is 33.4 Å². The molecule has 6 aromatic carbocycles. The summed E-state index contributed by atoms with van der Waals surface area (Å²) in [4.78, 5) is 4.48. The molecule has 0 N–H and O–H groups in total. The number of nitrogens with zero attached hydrogens (tertiary/aromatic N) is 22. The number of aromatic nitrogens is 18. The van der Waals surface area contributed by atoms with Crippen LogP contribution >= 0.6 is 0 Å². The standard InChI is InChI=1S/2C30H30N10.2C2H3N.2BF4.Fe/c2*1-4-10-25(11-5-1)16-38-22-28(31-34-38)19-37(20-29-23-39(35-32-29)17-26-12-6-2-7-13-26)21-30-24-40(36-33-30)18-27-14-8-3-9-15-27;2*1-2-3;2*2-1(3,4)5;/h2*1-15,22-24H,16-21H2;2*1H3;;;/q;;;;2*-1;+4. The molecule has 0 aliphatic heterocycles. The van der Waals surface area contributed by atoms with Gasteiger partial charge < -0.3 is 34.5 Å². The zero-order valence-corrected chi connectivity index (χ0v) is 53.7. The van der Waals surface area contributed by atoms with Crippen LogP contribution in [-0.4, -0.2) is 114 Å². The largest absolute Gasteiger partial charge is 4.00 e. The predicted molar refractivity (Wildman–Crippen MR) is 342 cm³/mol. The van der Waals surface area contributed by atoms with Gasteiger partial charge in [0.2, 0.25) is 0 Å². The fourth-order valence-corrected chi connectivity index (χ4v) is 9.26. The van der Waals surface area contributed by atoms with Crippen LogP contribution in [0.3, 0.4) is 0 Å². The number of halogens is 8. The molecule has 0 amide bonds. The molecule has 500 valence electrons. The number of rotatable bonds is 24. The first-order chi connectivity index (χ1) is 46.3.